The van der Waals surface area contributed by atoms with Gasteiger partial charge < -0.3 is 10.2 Å². The normalized spacial score (nSPS) is 23.5. The Morgan fingerprint density at radius 3 is 2.39 bits per heavy atom. The lowest BCUT2D eigenvalue weighted by molar-refractivity contribution is 0.183. The molecule has 2 nitrogen and oxygen atoms in total. The fourth-order valence-electron chi connectivity index (χ4n) is 3.53. The fraction of sp³-hybridized carbons (Fsp3) is 1.00. The van der Waals surface area contributed by atoms with Crippen LogP contribution in [0.2, 0.25) is 0 Å². The summed E-state index contributed by atoms with van der Waals surface area (Å²) in [6.07, 6.45) is 11.5. The van der Waals surface area contributed by atoms with E-state index in [0.29, 0.717) is 0 Å². The summed E-state index contributed by atoms with van der Waals surface area (Å²) in [5, 5.41) is 3.61. The third-order valence-corrected chi connectivity index (χ3v) is 4.80. The van der Waals surface area contributed by atoms with Gasteiger partial charge in [0, 0.05) is 19.1 Å². The zero-order valence-electron chi connectivity index (χ0n) is 12.5. The van der Waals surface area contributed by atoms with Crippen molar-refractivity contribution in [3.05, 3.63) is 0 Å². The van der Waals surface area contributed by atoms with Crippen LogP contribution in [0.1, 0.15) is 58.3 Å². The quantitative estimate of drug-likeness (QED) is 0.713. The minimum Gasteiger partial charge on any atom is -0.315 e. The molecule has 106 valence electrons. The first-order valence-electron chi connectivity index (χ1n) is 8.23. The second kappa shape index (κ2) is 7.49. The maximum atomic E-state index is 3.61. The third kappa shape index (κ3) is 4.55. The lowest BCUT2D eigenvalue weighted by Crippen LogP contribution is -2.45. The maximum absolute atomic E-state index is 3.61. The van der Waals surface area contributed by atoms with E-state index in [9.17, 15) is 0 Å². The van der Waals surface area contributed by atoms with Crippen molar-refractivity contribution in [2.45, 2.75) is 64.3 Å². The number of likely N-dealkylation sites (N-methyl/N-ethyl adjacent to an activating group) is 1. The van der Waals surface area contributed by atoms with Crippen LogP contribution in [0.4, 0.5) is 0 Å². The molecule has 0 heterocycles. The van der Waals surface area contributed by atoms with Crippen molar-refractivity contribution < 1.29 is 0 Å². The monoisotopic (exact) mass is 252 g/mol. The van der Waals surface area contributed by atoms with Crippen LogP contribution < -0.4 is 5.32 Å². The Labute approximate surface area is 114 Å². The Morgan fingerprint density at radius 2 is 1.83 bits per heavy atom. The smallest absolute Gasteiger partial charge is 0.0220 e. The number of nitrogens with zero attached hydrogens (tertiary/aromatic N) is 1. The summed E-state index contributed by atoms with van der Waals surface area (Å²) in [7, 11) is 2.17. The summed E-state index contributed by atoms with van der Waals surface area (Å²) in [6, 6.07) is 0.732. The summed E-state index contributed by atoms with van der Waals surface area (Å²) in [6.45, 7) is 6.25. The summed E-state index contributed by atoms with van der Waals surface area (Å²) in [5.74, 6) is 1.96. The molecule has 2 saturated carbocycles. The number of nitrogens with one attached hydrogen (secondary N) is 1. The molecular formula is C16H32N2. The van der Waals surface area contributed by atoms with Gasteiger partial charge in [0.15, 0.2) is 0 Å². The van der Waals surface area contributed by atoms with Crippen LogP contribution in [0.3, 0.4) is 0 Å². The van der Waals surface area contributed by atoms with Crippen molar-refractivity contribution >= 4 is 0 Å². The lowest BCUT2D eigenvalue weighted by atomic mass is 9.83. The number of hydrogen-bond donors (Lipinski definition) is 1. The summed E-state index contributed by atoms with van der Waals surface area (Å²) in [5.41, 5.74) is 0. The van der Waals surface area contributed by atoms with Crippen LogP contribution in [-0.2, 0) is 0 Å². The van der Waals surface area contributed by atoms with Crippen LogP contribution in [0.25, 0.3) is 0 Å². The van der Waals surface area contributed by atoms with Crippen molar-refractivity contribution in [1.29, 1.82) is 0 Å². The van der Waals surface area contributed by atoms with E-state index in [2.05, 4.69) is 24.2 Å². The predicted molar refractivity (Wildman–Crippen MR) is 78.9 cm³/mol. The molecule has 0 spiro atoms. The van der Waals surface area contributed by atoms with E-state index in [4.69, 9.17) is 0 Å². The van der Waals surface area contributed by atoms with Crippen molar-refractivity contribution in [1.82, 2.24) is 10.2 Å². The van der Waals surface area contributed by atoms with Crippen LogP contribution in [-0.4, -0.2) is 37.6 Å². The minimum atomic E-state index is 0.732. The highest BCUT2D eigenvalue weighted by molar-refractivity contribution is 4.84. The van der Waals surface area contributed by atoms with Crippen LogP contribution in [0, 0.1) is 11.8 Å². The SMILES string of the molecule is CCCN(CC1CC1)CC(NC)C1CCCCC1. The summed E-state index contributed by atoms with van der Waals surface area (Å²) >= 11 is 0. The van der Waals surface area contributed by atoms with Crippen molar-refractivity contribution in [2.24, 2.45) is 11.8 Å². The van der Waals surface area contributed by atoms with E-state index in [1.807, 2.05) is 0 Å². The van der Waals surface area contributed by atoms with Gasteiger partial charge in [-0.15, -0.1) is 0 Å². The molecule has 1 atom stereocenters. The molecule has 0 aromatic heterocycles. The van der Waals surface area contributed by atoms with E-state index in [1.165, 1.54) is 71.0 Å². The molecule has 1 unspecified atom stereocenters. The highest BCUT2D eigenvalue weighted by Gasteiger charge is 2.28. The lowest BCUT2D eigenvalue weighted by Gasteiger charge is -2.34. The van der Waals surface area contributed by atoms with Gasteiger partial charge in [-0.05, 0) is 57.5 Å². The summed E-state index contributed by atoms with van der Waals surface area (Å²) < 4.78 is 0. The topological polar surface area (TPSA) is 15.3 Å². The van der Waals surface area contributed by atoms with Gasteiger partial charge in [0.25, 0.3) is 0 Å². The standard InChI is InChI=1S/C16H32N2/c1-3-11-18(12-14-9-10-14)13-16(17-2)15-7-5-4-6-8-15/h14-17H,3-13H2,1-2H3. The van der Waals surface area contributed by atoms with Gasteiger partial charge >= 0.3 is 0 Å². The highest BCUT2D eigenvalue weighted by atomic mass is 15.2. The van der Waals surface area contributed by atoms with Gasteiger partial charge in [0.2, 0.25) is 0 Å². The molecule has 0 saturated heterocycles. The number of hydrogen-bond acceptors (Lipinski definition) is 2. The first kappa shape index (κ1) is 14.3. The van der Waals surface area contributed by atoms with Crippen molar-refractivity contribution in [3.63, 3.8) is 0 Å². The van der Waals surface area contributed by atoms with Crippen LogP contribution in [0.15, 0.2) is 0 Å². The maximum Gasteiger partial charge on any atom is 0.0220 e. The fourth-order valence-corrected chi connectivity index (χ4v) is 3.53. The van der Waals surface area contributed by atoms with Gasteiger partial charge in [-0.1, -0.05) is 26.2 Å². The van der Waals surface area contributed by atoms with E-state index in [0.717, 1.165) is 17.9 Å². The average molecular weight is 252 g/mol. The molecule has 1 N–H and O–H groups in total. The largest absolute Gasteiger partial charge is 0.315 e. The Balaban J connectivity index is 1.80. The molecule has 0 radical (unpaired) electrons. The van der Waals surface area contributed by atoms with Crippen LogP contribution >= 0.6 is 0 Å². The van der Waals surface area contributed by atoms with E-state index >= 15 is 0 Å². The molecule has 18 heavy (non-hydrogen) atoms. The van der Waals surface area contributed by atoms with Crippen molar-refractivity contribution in [2.75, 3.05) is 26.7 Å². The molecule has 2 fully saturated rings. The van der Waals surface area contributed by atoms with Gasteiger partial charge in [0.1, 0.15) is 0 Å². The Morgan fingerprint density at radius 1 is 1.11 bits per heavy atom. The molecule has 0 bridgehead atoms. The Hall–Kier alpha value is -0.0800. The van der Waals surface area contributed by atoms with Gasteiger partial charge in [-0.3, -0.25) is 0 Å². The second-order valence-corrected chi connectivity index (χ2v) is 6.50. The minimum absolute atomic E-state index is 0.732. The van der Waals surface area contributed by atoms with Gasteiger partial charge in [-0.2, -0.15) is 0 Å². The first-order chi connectivity index (χ1) is 8.83. The zero-order chi connectivity index (χ0) is 12.8. The average Bonchev–Trinajstić information content (AvgIpc) is 3.21. The first-order valence-corrected chi connectivity index (χ1v) is 8.23. The van der Waals surface area contributed by atoms with E-state index in [-0.39, 0.29) is 0 Å². The van der Waals surface area contributed by atoms with Gasteiger partial charge in [0.05, 0.1) is 0 Å². The zero-order valence-corrected chi connectivity index (χ0v) is 12.5. The van der Waals surface area contributed by atoms with Crippen LogP contribution in [0.5, 0.6) is 0 Å². The molecule has 2 heteroatoms. The molecular weight excluding hydrogens is 220 g/mol. The molecule has 0 aliphatic heterocycles. The second-order valence-electron chi connectivity index (χ2n) is 6.50. The predicted octanol–water partition coefficient (Wildman–Crippen LogP) is 3.28. The highest BCUT2D eigenvalue weighted by Crippen LogP contribution is 2.31. The Kier molecular flexibility index (Phi) is 5.97. The van der Waals surface area contributed by atoms with E-state index < -0.39 is 0 Å². The Bertz CT molecular complexity index is 219. The number of rotatable bonds is 8. The molecule has 2 aliphatic carbocycles. The molecule has 0 aromatic carbocycles. The molecule has 0 amide bonds. The van der Waals surface area contributed by atoms with E-state index in [1.54, 1.807) is 0 Å². The molecule has 2 rings (SSSR count). The summed E-state index contributed by atoms with van der Waals surface area (Å²) in [4.78, 5) is 2.73. The molecule has 2 aliphatic rings. The third-order valence-electron chi connectivity index (χ3n) is 4.80. The molecule has 0 aromatic rings. The van der Waals surface area contributed by atoms with Crippen molar-refractivity contribution in [3.8, 4) is 0 Å². The van der Waals surface area contributed by atoms with Gasteiger partial charge in [-0.25, -0.2) is 0 Å².